The number of fused-ring (bicyclic) bond motifs is 1. The van der Waals surface area contributed by atoms with E-state index < -0.39 is 0 Å². The molecule has 0 aliphatic carbocycles. The van der Waals surface area contributed by atoms with Crippen LogP contribution in [0.2, 0.25) is 0 Å². The summed E-state index contributed by atoms with van der Waals surface area (Å²) in [5, 5.41) is 4.33. The van der Waals surface area contributed by atoms with Gasteiger partial charge >= 0.3 is 0 Å². The van der Waals surface area contributed by atoms with E-state index in [-0.39, 0.29) is 5.41 Å². The average Bonchev–Trinajstić information content (AvgIpc) is 2.88. The van der Waals surface area contributed by atoms with Gasteiger partial charge in [0.2, 0.25) is 0 Å². The number of ether oxygens (including phenoxy) is 1. The molecule has 0 fully saturated rings. The molecule has 0 atom stereocenters. The molecule has 4 aromatic rings. The largest absolute Gasteiger partial charge is 0.377 e. The summed E-state index contributed by atoms with van der Waals surface area (Å²) >= 11 is 0. The van der Waals surface area contributed by atoms with Gasteiger partial charge in [0.1, 0.15) is 12.4 Å². The van der Waals surface area contributed by atoms with E-state index in [4.69, 9.17) is 14.7 Å². The Morgan fingerprint density at radius 2 is 1.69 bits per heavy atom. The molecule has 4 rings (SSSR count). The molecule has 0 unspecified atom stereocenters. The molecule has 3 aromatic heterocycles. The van der Waals surface area contributed by atoms with E-state index in [0.29, 0.717) is 23.9 Å². The van der Waals surface area contributed by atoms with E-state index in [1.807, 2.05) is 31.2 Å². The Hall–Kier alpha value is -3.42. The number of hydrogen-bond donors (Lipinski definition) is 1. The molecule has 1 aromatic carbocycles. The summed E-state index contributed by atoms with van der Waals surface area (Å²) in [7, 11) is 1.64. The van der Waals surface area contributed by atoms with E-state index >= 15 is 0 Å². The zero-order valence-corrected chi connectivity index (χ0v) is 22.2. The topological polar surface area (TPSA) is 76.1 Å². The van der Waals surface area contributed by atoms with Crippen LogP contribution in [0.5, 0.6) is 0 Å². The van der Waals surface area contributed by atoms with Gasteiger partial charge in [0.05, 0.1) is 16.8 Å². The van der Waals surface area contributed by atoms with Crippen molar-refractivity contribution in [2.45, 2.75) is 46.6 Å². The first kappa shape index (κ1) is 25.7. The van der Waals surface area contributed by atoms with E-state index in [2.05, 4.69) is 72.1 Å². The minimum absolute atomic E-state index is 0.0573. The Balaban J connectivity index is 1.65. The van der Waals surface area contributed by atoms with Crippen LogP contribution in [0.25, 0.3) is 22.4 Å². The number of likely N-dealkylation sites (N-methyl/N-ethyl adjacent to an activating group) is 1. The third-order valence-corrected chi connectivity index (χ3v) is 6.57. The first-order valence-corrected chi connectivity index (χ1v) is 12.5. The van der Waals surface area contributed by atoms with Crippen LogP contribution >= 0.6 is 0 Å². The summed E-state index contributed by atoms with van der Waals surface area (Å²) in [6.07, 6.45) is 1.78. The summed E-state index contributed by atoms with van der Waals surface area (Å²) in [5.74, 6) is 1.28. The molecule has 3 heterocycles. The average molecular weight is 485 g/mol. The van der Waals surface area contributed by atoms with Crippen molar-refractivity contribution in [3.8, 4) is 11.4 Å². The molecule has 7 heteroatoms. The fourth-order valence-electron chi connectivity index (χ4n) is 4.47. The van der Waals surface area contributed by atoms with Crippen LogP contribution in [0.15, 0.2) is 54.7 Å². The smallest absolute Gasteiger partial charge is 0.165 e. The monoisotopic (exact) mass is 484 g/mol. The summed E-state index contributed by atoms with van der Waals surface area (Å²) < 4.78 is 5.32. The summed E-state index contributed by atoms with van der Waals surface area (Å²) in [5.41, 5.74) is 5.64. The number of nitrogens with zero attached hydrogens (tertiary/aromatic N) is 5. The third kappa shape index (κ3) is 5.69. The molecule has 0 radical (unpaired) electrons. The van der Waals surface area contributed by atoms with Crippen molar-refractivity contribution >= 4 is 22.5 Å². The maximum absolute atomic E-state index is 5.32. The molecule has 0 bridgehead atoms. The summed E-state index contributed by atoms with van der Waals surface area (Å²) in [4.78, 5) is 21.2. The van der Waals surface area contributed by atoms with Crippen LogP contribution in [0.4, 0.5) is 11.5 Å². The van der Waals surface area contributed by atoms with Gasteiger partial charge in [-0.3, -0.25) is 4.98 Å². The molecule has 0 aliphatic rings. The van der Waals surface area contributed by atoms with E-state index in [0.717, 1.165) is 47.7 Å². The highest BCUT2D eigenvalue weighted by atomic mass is 16.5. The van der Waals surface area contributed by atoms with Crippen LogP contribution in [0.3, 0.4) is 0 Å². The van der Waals surface area contributed by atoms with Crippen LogP contribution in [0.1, 0.15) is 44.6 Å². The fourth-order valence-corrected chi connectivity index (χ4v) is 4.47. The molecule has 0 saturated heterocycles. The summed E-state index contributed by atoms with van der Waals surface area (Å²) in [6, 6.07) is 16.6. The number of rotatable bonds is 10. The molecule has 188 valence electrons. The van der Waals surface area contributed by atoms with Crippen LogP contribution in [0, 0.1) is 6.92 Å². The van der Waals surface area contributed by atoms with Crippen molar-refractivity contribution in [3.05, 3.63) is 71.7 Å². The Bertz CT molecular complexity index is 1320. The van der Waals surface area contributed by atoms with Gasteiger partial charge in [0, 0.05) is 31.0 Å². The van der Waals surface area contributed by atoms with Crippen molar-refractivity contribution in [2.75, 3.05) is 32.1 Å². The maximum Gasteiger partial charge on any atom is 0.165 e. The van der Waals surface area contributed by atoms with Crippen LogP contribution < -0.4 is 5.32 Å². The number of aromatic nitrogens is 4. The second-order valence-corrected chi connectivity index (χ2v) is 9.71. The minimum atomic E-state index is 0.0573. The lowest BCUT2D eigenvalue weighted by Gasteiger charge is -2.32. The van der Waals surface area contributed by atoms with Crippen molar-refractivity contribution in [1.82, 2.24) is 24.8 Å². The molecule has 36 heavy (non-hydrogen) atoms. The van der Waals surface area contributed by atoms with Gasteiger partial charge in [0.25, 0.3) is 0 Å². The molecule has 0 spiro atoms. The lowest BCUT2D eigenvalue weighted by molar-refractivity contribution is 0.178. The Morgan fingerprint density at radius 1 is 0.944 bits per heavy atom. The first-order valence-electron chi connectivity index (χ1n) is 12.5. The lowest BCUT2D eigenvalue weighted by Crippen LogP contribution is -2.36. The molecular formula is C29H36N6O. The van der Waals surface area contributed by atoms with Gasteiger partial charge in [0.15, 0.2) is 11.5 Å². The Labute approximate surface area is 214 Å². The fraction of sp³-hybridized carbons (Fsp3) is 0.379. The number of aryl methyl sites for hydroxylation is 1. The van der Waals surface area contributed by atoms with Gasteiger partial charge in [-0.1, -0.05) is 45.9 Å². The van der Waals surface area contributed by atoms with Gasteiger partial charge in [-0.25, -0.2) is 15.0 Å². The zero-order valence-electron chi connectivity index (χ0n) is 22.2. The molecule has 0 aliphatic heterocycles. The number of benzene rings is 1. The highest BCUT2D eigenvalue weighted by Gasteiger charge is 2.23. The van der Waals surface area contributed by atoms with Crippen molar-refractivity contribution < 1.29 is 4.74 Å². The maximum atomic E-state index is 5.32. The van der Waals surface area contributed by atoms with Crippen LogP contribution in [-0.4, -0.2) is 51.6 Å². The zero-order chi connectivity index (χ0) is 25.7. The molecule has 1 N–H and O–H groups in total. The second kappa shape index (κ2) is 11.1. The van der Waals surface area contributed by atoms with Crippen molar-refractivity contribution in [1.29, 1.82) is 0 Å². The molecule has 0 amide bonds. The highest BCUT2D eigenvalue weighted by molar-refractivity contribution is 5.90. The standard InChI is InChI=1S/C29H36N6O/c1-7-35(8-2)19-29(4,5)21-11-13-22(14-12-21)31-27-23-15-16-24(26-20(3)10-9-17-30-26)32-28(23)34-25(33-27)18-36-6/h9-17H,7-8,18-19H2,1-6H3,(H,31,32,33,34). The normalized spacial score (nSPS) is 11.9. The summed E-state index contributed by atoms with van der Waals surface area (Å²) in [6.45, 7) is 14.5. The number of nitrogens with one attached hydrogen (secondary N) is 1. The van der Waals surface area contributed by atoms with Gasteiger partial charge in [-0.15, -0.1) is 0 Å². The van der Waals surface area contributed by atoms with Crippen LogP contribution in [-0.2, 0) is 16.8 Å². The predicted molar refractivity (Wildman–Crippen MR) is 147 cm³/mol. The first-order chi connectivity index (χ1) is 17.3. The molecular weight excluding hydrogens is 448 g/mol. The minimum Gasteiger partial charge on any atom is -0.377 e. The highest BCUT2D eigenvalue weighted by Crippen LogP contribution is 2.29. The van der Waals surface area contributed by atoms with Gasteiger partial charge in [-0.2, -0.15) is 0 Å². The number of methoxy groups -OCH3 is 1. The quantitative estimate of drug-likeness (QED) is 0.300. The number of anilines is 2. The second-order valence-electron chi connectivity index (χ2n) is 9.71. The Morgan fingerprint density at radius 3 is 2.36 bits per heavy atom. The van der Waals surface area contributed by atoms with E-state index in [9.17, 15) is 0 Å². The van der Waals surface area contributed by atoms with E-state index in [1.165, 1.54) is 5.56 Å². The number of pyridine rings is 2. The van der Waals surface area contributed by atoms with Crippen molar-refractivity contribution in [2.24, 2.45) is 0 Å². The van der Waals surface area contributed by atoms with Gasteiger partial charge in [-0.05, 0) is 61.5 Å². The molecule has 0 saturated carbocycles. The van der Waals surface area contributed by atoms with Crippen molar-refractivity contribution in [3.63, 3.8) is 0 Å². The molecule has 7 nitrogen and oxygen atoms in total. The lowest BCUT2D eigenvalue weighted by atomic mass is 9.84. The SMILES string of the molecule is CCN(CC)CC(C)(C)c1ccc(Nc2nc(COC)nc3nc(-c4ncccc4C)ccc23)cc1. The number of hydrogen-bond acceptors (Lipinski definition) is 7. The predicted octanol–water partition coefficient (Wildman–Crippen LogP) is 5.90. The van der Waals surface area contributed by atoms with E-state index in [1.54, 1.807) is 13.3 Å². The van der Waals surface area contributed by atoms with Gasteiger partial charge < -0.3 is 15.0 Å². The Kier molecular flexibility index (Phi) is 7.91. The third-order valence-electron chi connectivity index (χ3n) is 6.57.